The number of hydrogen-bond donors (Lipinski definition) is 0. The maximum atomic E-state index is 11.3. The van der Waals surface area contributed by atoms with Crippen molar-refractivity contribution in [3.05, 3.63) is 35.9 Å². The lowest BCUT2D eigenvalue weighted by atomic mass is 9.66. The summed E-state index contributed by atoms with van der Waals surface area (Å²) in [4.78, 5) is 11.3. The zero-order valence-corrected chi connectivity index (χ0v) is 7.78. The van der Waals surface area contributed by atoms with Crippen LogP contribution in [0.1, 0.15) is 12.5 Å². The van der Waals surface area contributed by atoms with Crippen molar-refractivity contribution >= 4 is 13.8 Å². The van der Waals surface area contributed by atoms with Crippen molar-refractivity contribution in [2.75, 3.05) is 7.11 Å². The summed E-state index contributed by atoms with van der Waals surface area (Å²) in [5, 5.41) is -1.06. The van der Waals surface area contributed by atoms with E-state index in [2.05, 4.69) is 4.74 Å². The molecule has 0 saturated carbocycles. The average Bonchev–Trinajstić information content (AvgIpc) is 2.18. The van der Waals surface area contributed by atoms with E-state index in [1.807, 2.05) is 18.2 Å². The third-order valence-electron chi connectivity index (χ3n) is 1.98. The fourth-order valence-electron chi connectivity index (χ4n) is 1.11. The lowest BCUT2D eigenvalue weighted by Crippen LogP contribution is -2.33. The lowest BCUT2D eigenvalue weighted by molar-refractivity contribution is -0.143. The molecule has 0 aliphatic heterocycles. The largest absolute Gasteiger partial charge is 0.469 e. The Kier molecular flexibility index (Phi) is 2.76. The van der Waals surface area contributed by atoms with Crippen molar-refractivity contribution in [3.63, 3.8) is 0 Å². The normalized spacial score (nSPS) is 14.6. The quantitative estimate of drug-likeness (QED) is 0.498. The monoisotopic (exact) mass is 174 g/mol. The highest BCUT2D eigenvalue weighted by molar-refractivity contribution is 6.27. The van der Waals surface area contributed by atoms with Crippen molar-refractivity contribution in [3.8, 4) is 0 Å². The molecule has 0 saturated heterocycles. The molecule has 2 nitrogen and oxygen atoms in total. The Morgan fingerprint density at radius 3 is 2.38 bits per heavy atom. The first-order chi connectivity index (χ1) is 6.09. The van der Waals surface area contributed by atoms with Crippen LogP contribution in [0.4, 0.5) is 0 Å². The molecule has 0 spiro atoms. The third kappa shape index (κ3) is 1.91. The second-order valence-corrected chi connectivity index (χ2v) is 3.06. The van der Waals surface area contributed by atoms with Crippen LogP contribution in [0.2, 0.25) is 0 Å². The van der Waals surface area contributed by atoms with Gasteiger partial charge in [-0.15, -0.1) is 0 Å². The predicted molar refractivity (Wildman–Crippen MR) is 51.6 cm³/mol. The summed E-state index contributed by atoms with van der Waals surface area (Å²) in [6, 6.07) is 9.15. The van der Waals surface area contributed by atoms with E-state index in [4.69, 9.17) is 7.85 Å². The van der Waals surface area contributed by atoms with E-state index >= 15 is 0 Å². The number of carbonyl (C=O) groups is 1. The van der Waals surface area contributed by atoms with E-state index in [1.54, 1.807) is 19.1 Å². The Bertz CT molecular complexity index is 293. The number of methoxy groups -OCH3 is 1. The molecule has 1 aromatic carbocycles. The maximum absolute atomic E-state index is 11.3. The molecule has 0 fully saturated rings. The van der Waals surface area contributed by atoms with Gasteiger partial charge in [0, 0.05) is 0 Å². The van der Waals surface area contributed by atoms with E-state index in [0.717, 1.165) is 5.56 Å². The van der Waals surface area contributed by atoms with Crippen LogP contribution in [-0.2, 0) is 14.8 Å². The Labute approximate surface area is 79.3 Å². The highest BCUT2D eigenvalue weighted by atomic mass is 16.5. The smallest absolute Gasteiger partial charge is 0.306 e. The van der Waals surface area contributed by atoms with E-state index in [0.29, 0.717) is 0 Å². The molecule has 1 aromatic rings. The number of carbonyl (C=O) groups excluding carboxylic acids is 1. The van der Waals surface area contributed by atoms with E-state index in [-0.39, 0.29) is 0 Å². The fourth-order valence-corrected chi connectivity index (χ4v) is 1.11. The summed E-state index contributed by atoms with van der Waals surface area (Å²) in [7, 11) is 7.15. The van der Waals surface area contributed by atoms with Crippen LogP contribution in [0.5, 0.6) is 0 Å². The van der Waals surface area contributed by atoms with Gasteiger partial charge >= 0.3 is 5.97 Å². The zero-order valence-electron chi connectivity index (χ0n) is 7.78. The minimum atomic E-state index is -1.06. The fraction of sp³-hybridized carbons (Fsp3) is 0.300. The molecule has 2 radical (unpaired) electrons. The zero-order chi connectivity index (χ0) is 9.90. The molecule has 0 N–H and O–H groups in total. The minimum absolute atomic E-state index is 0.432. The SMILES string of the molecule is [B]C(C)(C(=O)OC)c1ccccc1. The number of ether oxygens (including phenoxy) is 1. The van der Waals surface area contributed by atoms with Crippen molar-refractivity contribution in [1.82, 2.24) is 0 Å². The van der Waals surface area contributed by atoms with Gasteiger partial charge in [0.05, 0.1) is 20.3 Å². The summed E-state index contributed by atoms with van der Waals surface area (Å²) >= 11 is 0. The molecule has 0 aliphatic carbocycles. The van der Waals surface area contributed by atoms with Gasteiger partial charge in [0.15, 0.2) is 0 Å². The van der Waals surface area contributed by atoms with Gasteiger partial charge < -0.3 is 4.74 Å². The first-order valence-corrected chi connectivity index (χ1v) is 4.02. The van der Waals surface area contributed by atoms with Crippen LogP contribution in [0.15, 0.2) is 30.3 Å². The molecule has 3 heteroatoms. The van der Waals surface area contributed by atoms with Gasteiger partial charge in [0.1, 0.15) is 0 Å². The van der Waals surface area contributed by atoms with E-state index < -0.39 is 11.3 Å². The van der Waals surface area contributed by atoms with Gasteiger partial charge in [-0.2, -0.15) is 0 Å². The van der Waals surface area contributed by atoms with Crippen LogP contribution in [-0.4, -0.2) is 20.9 Å². The highest BCUT2D eigenvalue weighted by Gasteiger charge is 2.29. The van der Waals surface area contributed by atoms with Gasteiger partial charge in [-0.3, -0.25) is 4.79 Å². The molecular weight excluding hydrogens is 163 g/mol. The summed E-state index contributed by atoms with van der Waals surface area (Å²) in [5.74, 6) is -0.432. The van der Waals surface area contributed by atoms with Crippen LogP contribution in [0.25, 0.3) is 0 Å². The summed E-state index contributed by atoms with van der Waals surface area (Å²) in [5.41, 5.74) is 0.752. The second kappa shape index (κ2) is 3.65. The van der Waals surface area contributed by atoms with Crippen molar-refractivity contribution < 1.29 is 9.53 Å². The maximum Gasteiger partial charge on any atom is 0.306 e. The number of esters is 1. The Morgan fingerprint density at radius 1 is 1.38 bits per heavy atom. The van der Waals surface area contributed by atoms with Gasteiger partial charge in [-0.25, -0.2) is 0 Å². The molecule has 66 valence electrons. The molecular formula is C10H11BO2. The predicted octanol–water partition coefficient (Wildman–Crippen LogP) is 1.24. The van der Waals surface area contributed by atoms with Gasteiger partial charge in [0.25, 0.3) is 0 Å². The minimum Gasteiger partial charge on any atom is -0.469 e. The first-order valence-electron chi connectivity index (χ1n) is 4.02. The van der Waals surface area contributed by atoms with Gasteiger partial charge in [0.2, 0.25) is 0 Å². The molecule has 1 atom stereocenters. The molecule has 1 rings (SSSR count). The molecule has 0 bridgehead atoms. The third-order valence-corrected chi connectivity index (χ3v) is 1.98. The van der Waals surface area contributed by atoms with E-state index in [1.165, 1.54) is 7.11 Å². The van der Waals surface area contributed by atoms with Crippen molar-refractivity contribution in [2.45, 2.75) is 12.2 Å². The van der Waals surface area contributed by atoms with Gasteiger partial charge in [-0.1, -0.05) is 37.3 Å². The molecule has 0 aromatic heterocycles. The topological polar surface area (TPSA) is 26.3 Å². The lowest BCUT2D eigenvalue weighted by Gasteiger charge is -2.22. The summed E-state index contributed by atoms with van der Waals surface area (Å²) in [6.07, 6.45) is 0. The Hall–Kier alpha value is -1.25. The van der Waals surface area contributed by atoms with Crippen molar-refractivity contribution in [2.24, 2.45) is 0 Å². The molecule has 0 aliphatic rings. The number of benzene rings is 1. The molecule has 1 unspecified atom stereocenters. The summed E-state index contributed by atoms with van der Waals surface area (Å²) < 4.78 is 4.61. The molecule has 0 heterocycles. The van der Waals surface area contributed by atoms with Crippen LogP contribution in [0.3, 0.4) is 0 Å². The van der Waals surface area contributed by atoms with Gasteiger partial charge in [-0.05, 0) is 5.56 Å². The van der Waals surface area contributed by atoms with Crippen LogP contribution in [0, 0.1) is 0 Å². The van der Waals surface area contributed by atoms with E-state index in [9.17, 15) is 4.79 Å². The first kappa shape index (κ1) is 9.84. The van der Waals surface area contributed by atoms with Crippen molar-refractivity contribution in [1.29, 1.82) is 0 Å². The average molecular weight is 174 g/mol. The molecule has 0 amide bonds. The Balaban J connectivity index is 3.00. The number of hydrogen-bond acceptors (Lipinski definition) is 2. The standard InChI is InChI=1S/C10H11BO2/c1-10(11,9(12)13-2)8-6-4-3-5-7-8/h3-7H,1-2H3. The van der Waals surface area contributed by atoms with Crippen LogP contribution >= 0.6 is 0 Å². The molecule has 13 heavy (non-hydrogen) atoms. The van der Waals surface area contributed by atoms with Crippen LogP contribution < -0.4 is 0 Å². The Morgan fingerprint density at radius 2 is 1.92 bits per heavy atom. The summed E-state index contributed by atoms with van der Waals surface area (Å²) in [6.45, 7) is 1.63. The highest BCUT2D eigenvalue weighted by Crippen LogP contribution is 2.20. The number of rotatable bonds is 2. The second-order valence-electron chi connectivity index (χ2n) is 3.06.